The van der Waals surface area contributed by atoms with Gasteiger partial charge in [0, 0.05) is 12.1 Å². The van der Waals surface area contributed by atoms with Crippen molar-refractivity contribution in [2.75, 3.05) is 11.5 Å². The standard InChI is InChI=1S/C8H16N2O3S/c1-6(9)4-14(12,13)5-8(11)10-7-2-3-7/h6-7H,2-5,9H2,1H3,(H,10,11). The molecule has 0 aromatic carbocycles. The largest absolute Gasteiger partial charge is 0.352 e. The molecule has 3 N–H and O–H groups in total. The van der Waals surface area contributed by atoms with Crippen LogP contribution >= 0.6 is 0 Å². The summed E-state index contributed by atoms with van der Waals surface area (Å²) in [6.07, 6.45) is 1.91. The summed E-state index contributed by atoms with van der Waals surface area (Å²) in [6, 6.07) is -0.221. The predicted molar refractivity (Wildman–Crippen MR) is 53.5 cm³/mol. The number of hydrogen-bond acceptors (Lipinski definition) is 4. The molecule has 6 heteroatoms. The summed E-state index contributed by atoms with van der Waals surface area (Å²) in [5.74, 6) is -0.982. The molecule has 1 atom stereocenters. The van der Waals surface area contributed by atoms with Gasteiger partial charge in [-0.25, -0.2) is 8.42 Å². The van der Waals surface area contributed by atoms with Crippen molar-refractivity contribution in [1.82, 2.24) is 5.32 Å². The Morgan fingerprint density at radius 1 is 1.57 bits per heavy atom. The summed E-state index contributed by atoms with van der Waals surface area (Å²) in [6.45, 7) is 1.61. The second-order valence-electron chi connectivity index (χ2n) is 3.87. The molecule has 1 unspecified atom stereocenters. The van der Waals surface area contributed by atoms with E-state index in [9.17, 15) is 13.2 Å². The quantitative estimate of drug-likeness (QED) is 0.623. The van der Waals surface area contributed by atoms with Gasteiger partial charge < -0.3 is 11.1 Å². The molecule has 0 aromatic rings. The molecule has 0 spiro atoms. The summed E-state index contributed by atoms with van der Waals surface area (Å²) >= 11 is 0. The number of rotatable bonds is 5. The van der Waals surface area contributed by atoms with Crippen molar-refractivity contribution in [3.05, 3.63) is 0 Å². The molecule has 1 aliphatic carbocycles. The van der Waals surface area contributed by atoms with Crippen molar-refractivity contribution in [2.24, 2.45) is 5.73 Å². The molecule has 14 heavy (non-hydrogen) atoms. The molecule has 1 saturated carbocycles. The Bertz CT molecular complexity index is 307. The summed E-state index contributed by atoms with van der Waals surface area (Å²) < 4.78 is 22.6. The molecule has 0 aliphatic heterocycles. The van der Waals surface area contributed by atoms with Crippen molar-refractivity contribution in [3.8, 4) is 0 Å². The van der Waals surface area contributed by atoms with Gasteiger partial charge in [-0.2, -0.15) is 0 Å². The van der Waals surface area contributed by atoms with Gasteiger partial charge in [0.2, 0.25) is 5.91 Å². The van der Waals surface area contributed by atoms with E-state index in [1.165, 1.54) is 0 Å². The number of sulfone groups is 1. The SMILES string of the molecule is CC(N)CS(=O)(=O)CC(=O)NC1CC1. The molecule has 0 aromatic heterocycles. The Morgan fingerprint density at radius 3 is 2.57 bits per heavy atom. The highest BCUT2D eigenvalue weighted by Crippen LogP contribution is 2.18. The van der Waals surface area contributed by atoms with Crippen molar-refractivity contribution >= 4 is 15.7 Å². The first kappa shape index (κ1) is 11.5. The number of nitrogens with two attached hydrogens (primary N) is 1. The van der Waals surface area contributed by atoms with Crippen molar-refractivity contribution in [2.45, 2.75) is 31.8 Å². The second kappa shape index (κ2) is 4.27. The van der Waals surface area contributed by atoms with Crippen LogP contribution in [0.5, 0.6) is 0 Å². The lowest BCUT2D eigenvalue weighted by Crippen LogP contribution is -2.36. The van der Waals surface area contributed by atoms with Gasteiger partial charge in [0.1, 0.15) is 5.75 Å². The van der Waals surface area contributed by atoms with Crippen LogP contribution in [0.25, 0.3) is 0 Å². The third-order valence-corrected chi connectivity index (χ3v) is 3.55. The molecule has 1 rings (SSSR count). The average molecular weight is 220 g/mol. The molecule has 1 aliphatic rings. The molecule has 0 saturated heterocycles. The minimum atomic E-state index is -3.33. The highest BCUT2D eigenvalue weighted by atomic mass is 32.2. The van der Waals surface area contributed by atoms with Crippen molar-refractivity contribution in [1.29, 1.82) is 0 Å². The maximum Gasteiger partial charge on any atom is 0.235 e. The van der Waals surface area contributed by atoms with E-state index in [2.05, 4.69) is 5.32 Å². The zero-order valence-corrected chi connectivity index (χ0v) is 9.01. The topological polar surface area (TPSA) is 89.3 Å². The first-order chi connectivity index (χ1) is 6.39. The van der Waals surface area contributed by atoms with E-state index in [-0.39, 0.29) is 11.8 Å². The molecule has 1 amide bonds. The van der Waals surface area contributed by atoms with Crippen LogP contribution in [0, 0.1) is 0 Å². The van der Waals surface area contributed by atoms with Gasteiger partial charge in [0.25, 0.3) is 0 Å². The molecule has 0 heterocycles. The minimum absolute atomic E-state index is 0.134. The number of hydrogen-bond donors (Lipinski definition) is 2. The van der Waals surface area contributed by atoms with Crippen molar-refractivity contribution < 1.29 is 13.2 Å². The van der Waals surface area contributed by atoms with Gasteiger partial charge in [0.05, 0.1) is 5.75 Å². The first-order valence-corrected chi connectivity index (χ1v) is 6.46. The Labute approximate surface area is 84.0 Å². The fourth-order valence-electron chi connectivity index (χ4n) is 1.16. The fraction of sp³-hybridized carbons (Fsp3) is 0.875. The smallest absolute Gasteiger partial charge is 0.235 e. The van der Waals surface area contributed by atoms with Crippen LogP contribution in [-0.4, -0.2) is 37.9 Å². The average Bonchev–Trinajstić information content (AvgIpc) is 2.64. The van der Waals surface area contributed by atoms with Crippen LogP contribution in [0.15, 0.2) is 0 Å². The van der Waals surface area contributed by atoms with E-state index >= 15 is 0 Å². The zero-order chi connectivity index (χ0) is 10.8. The zero-order valence-electron chi connectivity index (χ0n) is 8.19. The summed E-state index contributed by atoms with van der Waals surface area (Å²) in [5, 5.41) is 2.62. The number of nitrogens with one attached hydrogen (secondary N) is 1. The normalized spacial score (nSPS) is 19.0. The molecule has 1 fully saturated rings. The van der Waals surface area contributed by atoms with Crippen LogP contribution in [0.2, 0.25) is 0 Å². The Morgan fingerprint density at radius 2 is 2.14 bits per heavy atom. The van der Waals surface area contributed by atoms with Crippen molar-refractivity contribution in [3.63, 3.8) is 0 Å². The maximum atomic E-state index is 11.3. The summed E-state index contributed by atoms with van der Waals surface area (Å²) in [5.41, 5.74) is 5.36. The summed E-state index contributed by atoms with van der Waals surface area (Å²) in [7, 11) is -3.33. The van der Waals surface area contributed by atoms with Gasteiger partial charge in [-0.3, -0.25) is 4.79 Å². The minimum Gasteiger partial charge on any atom is -0.352 e. The van der Waals surface area contributed by atoms with E-state index in [0.717, 1.165) is 12.8 Å². The molecule has 5 nitrogen and oxygen atoms in total. The Balaban J connectivity index is 2.36. The molecule has 0 bridgehead atoms. The molecular weight excluding hydrogens is 204 g/mol. The van der Waals surface area contributed by atoms with E-state index in [1.54, 1.807) is 6.92 Å². The van der Waals surface area contributed by atoms with Gasteiger partial charge in [-0.15, -0.1) is 0 Å². The third-order valence-electron chi connectivity index (χ3n) is 1.81. The highest BCUT2D eigenvalue weighted by molar-refractivity contribution is 7.92. The van der Waals surface area contributed by atoms with E-state index < -0.39 is 27.5 Å². The molecule has 82 valence electrons. The lowest BCUT2D eigenvalue weighted by atomic mass is 10.4. The van der Waals surface area contributed by atoms with E-state index in [4.69, 9.17) is 5.73 Å². The lowest BCUT2D eigenvalue weighted by Gasteiger charge is -2.07. The van der Waals surface area contributed by atoms with Crippen LogP contribution in [0.1, 0.15) is 19.8 Å². The van der Waals surface area contributed by atoms with Crippen LogP contribution in [-0.2, 0) is 14.6 Å². The maximum absolute atomic E-state index is 11.3. The third kappa shape index (κ3) is 4.57. The number of amides is 1. The molecule has 0 radical (unpaired) electrons. The Hall–Kier alpha value is -0.620. The van der Waals surface area contributed by atoms with Gasteiger partial charge in [0.15, 0.2) is 9.84 Å². The van der Waals surface area contributed by atoms with Crippen LogP contribution < -0.4 is 11.1 Å². The monoisotopic (exact) mass is 220 g/mol. The van der Waals surface area contributed by atoms with Crippen LogP contribution in [0.3, 0.4) is 0 Å². The van der Waals surface area contributed by atoms with E-state index in [1.807, 2.05) is 0 Å². The predicted octanol–water partition coefficient (Wildman–Crippen LogP) is -0.973. The molecular formula is C8H16N2O3S. The number of carbonyl (C=O) groups is 1. The number of carbonyl (C=O) groups excluding carboxylic acids is 1. The van der Waals surface area contributed by atoms with E-state index in [0.29, 0.717) is 0 Å². The van der Waals surface area contributed by atoms with Crippen LogP contribution in [0.4, 0.5) is 0 Å². The van der Waals surface area contributed by atoms with Gasteiger partial charge in [-0.1, -0.05) is 0 Å². The highest BCUT2D eigenvalue weighted by Gasteiger charge is 2.26. The first-order valence-electron chi connectivity index (χ1n) is 4.64. The Kier molecular flexibility index (Phi) is 3.49. The van der Waals surface area contributed by atoms with Gasteiger partial charge >= 0.3 is 0 Å². The fourth-order valence-corrected chi connectivity index (χ4v) is 2.56. The summed E-state index contributed by atoms with van der Waals surface area (Å²) in [4.78, 5) is 11.2. The lowest BCUT2D eigenvalue weighted by molar-refractivity contribution is -0.118. The second-order valence-corrected chi connectivity index (χ2v) is 5.98. The van der Waals surface area contributed by atoms with Gasteiger partial charge in [-0.05, 0) is 19.8 Å².